The van der Waals surface area contributed by atoms with Crippen molar-refractivity contribution in [1.82, 2.24) is 0 Å². The molecule has 0 spiro atoms. The number of nitrogens with zero attached hydrogens (tertiary/aromatic N) is 2. The molecule has 1 fully saturated rings. The second-order valence-electron chi connectivity index (χ2n) is 3.73. The number of alkyl halides is 1. The van der Waals surface area contributed by atoms with E-state index in [2.05, 4.69) is 15.9 Å². The van der Waals surface area contributed by atoms with Crippen molar-refractivity contribution in [2.24, 2.45) is 0 Å². The minimum Gasteiger partial charge on any atom is -0.309 e. The Hall–Kier alpha value is -0.410. The van der Waals surface area contributed by atoms with Crippen molar-refractivity contribution in [2.75, 3.05) is 11.4 Å². The molecule has 0 saturated carbocycles. The molecule has 0 aliphatic carbocycles. The normalized spacial score (nSPS) is 19.1. The number of thiocyanates is 1. The molecule has 1 heterocycles. The third kappa shape index (κ3) is 2.77. The van der Waals surface area contributed by atoms with Crippen LogP contribution in [0.25, 0.3) is 0 Å². The first-order valence-corrected chi connectivity index (χ1v) is 7.44. The Morgan fingerprint density at radius 2 is 2.28 bits per heavy atom. The van der Waals surface area contributed by atoms with Gasteiger partial charge in [-0.25, -0.2) is 0 Å². The van der Waals surface area contributed by atoms with Gasteiger partial charge in [0.05, 0.1) is 16.1 Å². The molecule has 1 atom stereocenters. The lowest BCUT2D eigenvalue weighted by Crippen LogP contribution is -2.24. The van der Waals surface area contributed by atoms with Gasteiger partial charge in [0.25, 0.3) is 0 Å². The van der Waals surface area contributed by atoms with Crippen LogP contribution in [0.15, 0.2) is 21.5 Å². The average Bonchev–Trinajstić information content (AvgIpc) is 2.63. The fourth-order valence-corrected chi connectivity index (χ4v) is 3.36. The smallest absolute Gasteiger partial charge is 0.228 e. The van der Waals surface area contributed by atoms with Crippen LogP contribution in [0.4, 0.5) is 5.69 Å². The number of hydrogen-bond donors (Lipinski definition) is 0. The van der Waals surface area contributed by atoms with Crippen molar-refractivity contribution in [3.05, 3.63) is 21.6 Å². The Balaban J connectivity index is 2.38. The highest BCUT2D eigenvalue weighted by Gasteiger charge is 2.30. The molecule has 3 nitrogen and oxygen atoms in total. The second-order valence-corrected chi connectivity index (χ2v) is 6.44. The van der Waals surface area contributed by atoms with E-state index in [1.807, 2.05) is 5.40 Å². The molecule has 0 bridgehead atoms. The van der Waals surface area contributed by atoms with Crippen LogP contribution in [-0.2, 0) is 4.79 Å². The maximum Gasteiger partial charge on any atom is 0.228 e. The minimum atomic E-state index is -0.180. The summed E-state index contributed by atoms with van der Waals surface area (Å²) in [4.78, 5) is 14.1. The summed E-state index contributed by atoms with van der Waals surface area (Å²) in [7, 11) is 0. The summed E-state index contributed by atoms with van der Waals surface area (Å²) < 4.78 is 0.735. The topological polar surface area (TPSA) is 44.1 Å². The van der Waals surface area contributed by atoms with Crippen LogP contribution in [0.3, 0.4) is 0 Å². The highest BCUT2D eigenvalue weighted by atomic mass is 79.9. The second kappa shape index (κ2) is 5.70. The number of amides is 1. The summed E-state index contributed by atoms with van der Waals surface area (Å²) in [5, 5.41) is 10.9. The quantitative estimate of drug-likeness (QED) is 0.451. The van der Waals surface area contributed by atoms with Gasteiger partial charge in [-0.05, 0) is 39.8 Å². The summed E-state index contributed by atoms with van der Waals surface area (Å²) >= 11 is 16.5. The lowest BCUT2D eigenvalue weighted by molar-refractivity contribution is -0.117. The minimum absolute atomic E-state index is 0.0375. The zero-order chi connectivity index (χ0) is 13.3. The molecule has 7 heteroatoms. The molecule has 2 rings (SSSR count). The zero-order valence-electron chi connectivity index (χ0n) is 8.99. The fraction of sp³-hybridized carbons (Fsp3) is 0.273. The van der Waals surface area contributed by atoms with Gasteiger partial charge in [-0.15, -0.1) is 11.6 Å². The molecule has 0 aromatic heterocycles. The summed E-state index contributed by atoms with van der Waals surface area (Å²) in [6, 6.07) is 3.42. The van der Waals surface area contributed by atoms with Crippen molar-refractivity contribution >= 4 is 62.5 Å². The molecule has 18 heavy (non-hydrogen) atoms. The van der Waals surface area contributed by atoms with Gasteiger partial charge in [-0.3, -0.25) is 4.79 Å². The van der Waals surface area contributed by atoms with Gasteiger partial charge in [-0.2, -0.15) is 5.26 Å². The molecular formula is C11H7BrCl2N2OS. The molecule has 94 valence electrons. The number of halogens is 3. The van der Waals surface area contributed by atoms with Crippen LogP contribution in [0, 0.1) is 10.7 Å². The Bertz CT molecular complexity index is 547. The number of carbonyl (C=O) groups is 1. The van der Waals surface area contributed by atoms with Gasteiger partial charge in [0, 0.05) is 22.3 Å². The third-order valence-corrected chi connectivity index (χ3v) is 4.69. The highest BCUT2D eigenvalue weighted by molar-refractivity contribution is 9.10. The van der Waals surface area contributed by atoms with Gasteiger partial charge in [0.2, 0.25) is 5.91 Å². The van der Waals surface area contributed by atoms with Crippen LogP contribution in [-0.4, -0.2) is 17.8 Å². The average molecular weight is 366 g/mol. The van der Waals surface area contributed by atoms with Gasteiger partial charge < -0.3 is 4.90 Å². The van der Waals surface area contributed by atoms with Crippen LogP contribution >= 0.6 is 50.9 Å². The predicted molar refractivity (Wildman–Crippen MR) is 77.2 cm³/mol. The number of anilines is 1. The first kappa shape index (κ1) is 14.0. The molecule has 1 saturated heterocycles. The standard InChI is InChI=1S/C11H7BrCl2N2OS/c12-7-2-9(8(14)3-10(7)18-5-15)16-4-6(13)1-11(16)17/h2-3,6H,1,4H2. The molecule has 0 radical (unpaired) electrons. The number of thioether (sulfide) groups is 1. The van der Waals surface area contributed by atoms with E-state index in [1.54, 1.807) is 17.0 Å². The van der Waals surface area contributed by atoms with Crippen molar-refractivity contribution in [2.45, 2.75) is 16.7 Å². The maximum atomic E-state index is 11.8. The Morgan fingerprint density at radius 1 is 1.56 bits per heavy atom. The predicted octanol–water partition coefficient (Wildman–Crippen LogP) is 4.02. The number of hydrogen-bond acceptors (Lipinski definition) is 3. The van der Waals surface area contributed by atoms with Crippen LogP contribution in [0.2, 0.25) is 5.02 Å². The van der Waals surface area contributed by atoms with E-state index in [-0.39, 0.29) is 11.3 Å². The lowest BCUT2D eigenvalue weighted by Gasteiger charge is -2.18. The summed E-state index contributed by atoms with van der Waals surface area (Å²) in [5.74, 6) is -0.0375. The highest BCUT2D eigenvalue weighted by Crippen LogP contribution is 2.38. The van der Waals surface area contributed by atoms with Crippen molar-refractivity contribution < 1.29 is 4.79 Å². The van der Waals surface area contributed by atoms with Gasteiger partial charge >= 0.3 is 0 Å². The van der Waals surface area contributed by atoms with Crippen molar-refractivity contribution in [1.29, 1.82) is 5.26 Å². The van der Waals surface area contributed by atoms with E-state index < -0.39 is 0 Å². The largest absolute Gasteiger partial charge is 0.309 e. The zero-order valence-corrected chi connectivity index (χ0v) is 12.9. The van der Waals surface area contributed by atoms with Crippen LogP contribution in [0.5, 0.6) is 0 Å². The number of rotatable bonds is 2. The van der Waals surface area contributed by atoms with E-state index in [1.165, 1.54) is 0 Å². The van der Waals surface area contributed by atoms with Crippen LogP contribution in [0.1, 0.15) is 6.42 Å². The number of nitriles is 1. The Morgan fingerprint density at radius 3 is 2.83 bits per heavy atom. The molecule has 1 aliphatic rings. The molecule has 1 aliphatic heterocycles. The summed E-state index contributed by atoms with van der Waals surface area (Å²) in [6.45, 7) is 0.456. The third-order valence-electron chi connectivity index (χ3n) is 2.53. The van der Waals surface area contributed by atoms with E-state index in [9.17, 15) is 4.79 Å². The van der Waals surface area contributed by atoms with Gasteiger partial charge in [0.1, 0.15) is 5.40 Å². The lowest BCUT2D eigenvalue weighted by atomic mass is 10.3. The first-order chi connectivity index (χ1) is 8.52. The van der Waals surface area contributed by atoms with E-state index in [0.29, 0.717) is 23.7 Å². The first-order valence-electron chi connectivity index (χ1n) is 5.02. The van der Waals surface area contributed by atoms with E-state index >= 15 is 0 Å². The maximum absolute atomic E-state index is 11.8. The van der Waals surface area contributed by atoms with Crippen molar-refractivity contribution in [3.63, 3.8) is 0 Å². The van der Waals surface area contributed by atoms with Crippen LogP contribution < -0.4 is 4.90 Å². The Kier molecular flexibility index (Phi) is 4.44. The Labute approximate surface area is 127 Å². The SMILES string of the molecule is N#CSc1cc(Cl)c(N2CC(Cl)CC2=O)cc1Br. The van der Waals surface area contributed by atoms with E-state index in [0.717, 1.165) is 21.1 Å². The summed E-state index contributed by atoms with van der Waals surface area (Å²) in [6.07, 6.45) is 0.324. The molecular weight excluding hydrogens is 359 g/mol. The number of carbonyl (C=O) groups excluding carboxylic acids is 1. The monoisotopic (exact) mass is 364 g/mol. The molecule has 1 unspecified atom stereocenters. The molecule has 1 aromatic carbocycles. The molecule has 1 aromatic rings. The fourth-order valence-electron chi connectivity index (χ4n) is 1.75. The molecule has 1 amide bonds. The van der Waals surface area contributed by atoms with Crippen molar-refractivity contribution in [3.8, 4) is 5.40 Å². The number of benzene rings is 1. The van der Waals surface area contributed by atoms with E-state index in [4.69, 9.17) is 28.5 Å². The summed E-state index contributed by atoms with van der Waals surface area (Å²) in [5.41, 5.74) is 0.624. The van der Waals surface area contributed by atoms with Gasteiger partial charge in [0.15, 0.2) is 0 Å². The van der Waals surface area contributed by atoms with Gasteiger partial charge in [-0.1, -0.05) is 11.6 Å². The molecule has 0 N–H and O–H groups in total.